The fourth-order valence-corrected chi connectivity index (χ4v) is 2.96. The molecule has 21 heavy (non-hydrogen) atoms. The molecule has 6 heteroatoms. The summed E-state index contributed by atoms with van der Waals surface area (Å²) in [5, 5.41) is 5.39. The smallest absolute Gasteiger partial charge is 0.373 e. The molecule has 5 nitrogen and oxygen atoms in total. The van der Waals surface area contributed by atoms with E-state index < -0.39 is 5.97 Å². The van der Waals surface area contributed by atoms with Gasteiger partial charge in [0.15, 0.2) is 0 Å². The molecule has 2 rings (SSSR count). The van der Waals surface area contributed by atoms with E-state index in [0.717, 1.165) is 23.6 Å². The third-order valence-corrected chi connectivity index (χ3v) is 4.00. The second kappa shape index (κ2) is 7.28. The van der Waals surface area contributed by atoms with E-state index in [0.29, 0.717) is 5.76 Å². The summed E-state index contributed by atoms with van der Waals surface area (Å²) >= 11 is 1.59. The van der Waals surface area contributed by atoms with Crippen LogP contribution in [0.2, 0.25) is 0 Å². The van der Waals surface area contributed by atoms with Crippen molar-refractivity contribution in [3.8, 4) is 5.75 Å². The summed E-state index contributed by atoms with van der Waals surface area (Å²) in [4.78, 5) is 12.5. The summed E-state index contributed by atoms with van der Waals surface area (Å²) in [6.07, 6.45) is 0.995. The third-order valence-electron chi connectivity index (χ3n) is 3.04. The Hall–Kier alpha value is -1.79. The first-order chi connectivity index (χ1) is 10.2. The molecule has 114 valence electrons. The van der Waals surface area contributed by atoms with E-state index in [2.05, 4.69) is 17.0 Å². The van der Waals surface area contributed by atoms with Gasteiger partial charge in [0, 0.05) is 0 Å². The maximum Gasteiger partial charge on any atom is 0.373 e. The van der Waals surface area contributed by atoms with Crippen LogP contribution in [0.1, 0.15) is 40.6 Å². The number of nitrogens with one attached hydrogen (secondary N) is 1. The predicted molar refractivity (Wildman–Crippen MR) is 81.1 cm³/mol. The van der Waals surface area contributed by atoms with Gasteiger partial charge in [-0.2, -0.15) is 0 Å². The lowest BCUT2D eigenvalue weighted by Gasteiger charge is -2.16. The summed E-state index contributed by atoms with van der Waals surface area (Å²) in [6.45, 7) is 2.93. The van der Waals surface area contributed by atoms with Gasteiger partial charge in [-0.05, 0) is 36.5 Å². The van der Waals surface area contributed by atoms with Gasteiger partial charge >= 0.3 is 5.97 Å². The molecular weight excluding hydrogens is 290 g/mol. The zero-order chi connectivity index (χ0) is 15.2. The molecule has 0 amide bonds. The van der Waals surface area contributed by atoms with E-state index in [1.807, 2.05) is 11.4 Å². The van der Waals surface area contributed by atoms with E-state index in [1.54, 1.807) is 30.6 Å². The molecule has 1 atom stereocenters. The van der Waals surface area contributed by atoms with Gasteiger partial charge < -0.3 is 19.2 Å². The highest BCUT2D eigenvalue weighted by molar-refractivity contribution is 7.10. The van der Waals surface area contributed by atoms with Crippen LogP contribution in [0, 0.1) is 0 Å². The summed E-state index contributed by atoms with van der Waals surface area (Å²) in [5.41, 5.74) is 0. The number of methoxy groups -OCH3 is 2. The van der Waals surface area contributed by atoms with Crippen molar-refractivity contribution in [2.24, 2.45) is 0 Å². The minimum atomic E-state index is -0.478. The topological polar surface area (TPSA) is 60.7 Å². The van der Waals surface area contributed by atoms with Gasteiger partial charge in [0.1, 0.15) is 17.6 Å². The van der Waals surface area contributed by atoms with Crippen molar-refractivity contribution in [3.05, 3.63) is 40.0 Å². The minimum Gasteiger partial charge on any atom is -0.496 e. The Morgan fingerprint density at radius 2 is 2.19 bits per heavy atom. The van der Waals surface area contributed by atoms with Gasteiger partial charge in [-0.25, -0.2) is 4.79 Å². The number of hydrogen-bond acceptors (Lipinski definition) is 6. The molecule has 0 saturated carbocycles. The second-order valence-electron chi connectivity index (χ2n) is 4.43. The molecule has 0 aromatic carbocycles. The Balaban J connectivity index is 2.31. The Bertz CT molecular complexity index is 590. The van der Waals surface area contributed by atoms with Crippen LogP contribution in [-0.4, -0.2) is 26.7 Å². The Morgan fingerprint density at radius 1 is 1.38 bits per heavy atom. The van der Waals surface area contributed by atoms with Crippen molar-refractivity contribution in [3.63, 3.8) is 0 Å². The Morgan fingerprint density at radius 3 is 2.86 bits per heavy atom. The monoisotopic (exact) mass is 309 g/mol. The number of hydrogen-bond donors (Lipinski definition) is 1. The molecule has 0 aliphatic heterocycles. The van der Waals surface area contributed by atoms with Gasteiger partial charge in [0.05, 0.1) is 19.1 Å². The Labute approximate surface area is 127 Å². The zero-order valence-corrected chi connectivity index (χ0v) is 13.2. The van der Waals surface area contributed by atoms with Crippen LogP contribution in [0.25, 0.3) is 0 Å². The molecule has 1 N–H and O–H groups in total. The molecule has 0 fully saturated rings. The van der Waals surface area contributed by atoms with E-state index in [-0.39, 0.29) is 11.8 Å². The van der Waals surface area contributed by atoms with Crippen LogP contribution in [-0.2, 0) is 4.74 Å². The van der Waals surface area contributed by atoms with Crippen molar-refractivity contribution < 1.29 is 18.7 Å². The molecule has 2 aromatic rings. The minimum absolute atomic E-state index is 0.140. The number of carbonyl (C=O) groups is 1. The summed E-state index contributed by atoms with van der Waals surface area (Å²) in [6, 6.07) is 5.20. The first-order valence-corrected chi connectivity index (χ1v) is 7.62. The van der Waals surface area contributed by atoms with E-state index in [9.17, 15) is 4.79 Å². The van der Waals surface area contributed by atoms with Gasteiger partial charge in [0.2, 0.25) is 5.76 Å². The zero-order valence-electron chi connectivity index (χ0n) is 12.3. The fourth-order valence-electron chi connectivity index (χ4n) is 2.02. The predicted octanol–water partition coefficient (Wildman–Crippen LogP) is 3.23. The molecule has 0 bridgehead atoms. The van der Waals surface area contributed by atoms with Crippen molar-refractivity contribution >= 4 is 17.3 Å². The number of furan rings is 1. The summed E-state index contributed by atoms with van der Waals surface area (Å²) in [7, 11) is 2.98. The molecule has 0 spiro atoms. The standard InChI is InChI=1S/C15H19NO4S/c1-4-8-16-13(14-11(18-2)7-9-21-14)10-5-6-12(20-10)15(17)19-3/h5-7,9,13,16H,4,8H2,1-3H3. The van der Waals surface area contributed by atoms with Crippen LogP contribution >= 0.6 is 11.3 Å². The summed E-state index contributed by atoms with van der Waals surface area (Å²) < 4.78 is 15.7. The maximum atomic E-state index is 11.5. The maximum absolute atomic E-state index is 11.5. The first kappa shape index (κ1) is 15.6. The fraction of sp³-hybridized carbons (Fsp3) is 0.400. The molecular formula is C15H19NO4S. The first-order valence-electron chi connectivity index (χ1n) is 6.74. The average molecular weight is 309 g/mol. The van der Waals surface area contributed by atoms with Crippen molar-refractivity contribution in [2.75, 3.05) is 20.8 Å². The quantitative estimate of drug-likeness (QED) is 0.796. The highest BCUT2D eigenvalue weighted by atomic mass is 32.1. The lowest BCUT2D eigenvalue weighted by atomic mass is 10.1. The number of ether oxygens (including phenoxy) is 2. The molecule has 1 unspecified atom stereocenters. The van der Waals surface area contributed by atoms with Crippen LogP contribution < -0.4 is 10.1 Å². The van der Waals surface area contributed by atoms with E-state index >= 15 is 0 Å². The molecule has 2 heterocycles. The van der Waals surface area contributed by atoms with Crippen LogP contribution in [0.4, 0.5) is 0 Å². The van der Waals surface area contributed by atoms with Crippen LogP contribution in [0.3, 0.4) is 0 Å². The number of rotatable bonds is 7. The lowest BCUT2D eigenvalue weighted by molar-refractivity contribution is 0.0562. The third kappa shape index (κ3) is 3.46. The highest BCUT2D eigenvalue weighted by Gasteiger charge is 2.23. The molecule has 2 aromatic heterocycles. The van der Waals surface area contributed by atoms with Gasteiger partial charge in [-0.15, -0.1) is 11.3 Å². The van der Waals surface area contributed by atoms with Crippen LogP contribution in [0.5, 0.6) is 5.75 Å². The second-order valence-corrected chi connectivity index (χ2v) is 5.38. The largest absolute Gasteiger partial charge is 0.496 e. The SMILES string of the molecule is CCCNC(c1ccc(C(=O)OC)o1)c1sccc1OC. The summed E-state index contributed by atoms with van der Waals surface area (Å²) in [5.74, 6) is 1.20. The highest BCUT2D eigenvalue weighted by Crippen LogP contribution is 2.35. The normalized spacial score (nSPS) is 12.1. The van der Waals surface area contributed by atoms with E-state index in [4.69, 9.17) is 9.15 Å². The van der Waals surface area contributed by atoms with Gasteiger partial charge in [-0.1, -0.05) is 6.92 Å². The van der Waals surface area contributed by atoms with Gasteiger partial charge in [-0.3, -0.25) is 0 Å². The average Bonchev–Trinajstić information content (AvgIpc) is 3.16. The molecule has 0 radical (unpaired) electrons. The van der Waals surface area contributed by atoms with Crippen molar-refractivity contribution in [1.29, 1.82) is 0 Å². The van der Waals surface area contributed by atoms with Gasteiger partial charge in [0.25, 0.3) is 0 Å². The number of thiophene rings is 1. The van der Waals surface area contributed by atoms with Crippen molar-refractivity contribution in [2.45, 2.75) is 19.4 Å². The molecule has 0 aliphatic carbocycles. The number of carbonyl (C=O) groups excluding carboxylic acids is 1. The van der Waals surface area contributed by atoms with Crippen LogP contribution in [0.15, 0.2) is 28.0 Å². The Kier molecular flexibility index (Phi) is 5.41. The van der Waals surface area contributed by atoms with Crippen molar-refractivity contribution in [1.82, 2.24) is 5.32 Å². The lowest BCUT2D eigenvalue weighted by Crippen LogP contribution is -2.22. The number of esters is 1. The van der Waals surface area contributed by atoms with E-state index in [1.165, 1.54) is 7.11 Å². The molecule has 0 aliphatic rings. The molecule has 0 saturated heterocycles.